The average molecular weight is 329 g/mol. The van der Waals surface area contributed by atoms with Crippen molar-refractivity contribution in [3.05, 3.63) is 50.8 Å². The van der Waals surface area contributed by atoms with Gasteiger partial charge in [0.25, 0.3) is 5.91 Å². The van der Waals surface area contributed by atoms with E-state index in [0.717, 1.165) is 23.4 Å². The molecular formula is C16H15N3O3S. The Morgan fingerprint density at radius 3 is 2.74 bits per heavy atom. The summed E-state index contributed by atoms with van der Waals surface area (Å²) in [6.07, 6.45) is 1.58. The van der Waals surface area contributed by atoms with Crippen molar-refractivity contribution in [1.29, 1.82) is 0 Å². The second-order valence-corrected chi connectivity index (χ2v) is 6.03. The average Bonchev–Trinajstić information content (AvgIpc) is 3.02. The van der Waals surface area contributed by atoms with Gasteiger partial charge in [0.2, 0.25) is 5.13 Å². The molecule has 2 aromatic heterocycles. The first-order valence-corrected chi connectivity index (χ1v) is 8.13. The molecule has 3 aromatic rings. The molecule has 1 aromatic carbocycles. The Morgan fingerprint density at radius 2 is 2.04 bits per heavy atom. The summed E-state index contributed by atoms with van der Waals surface area (Å²) in [5, 5.41) is 12.1. The van der Waals surface area contributed by atoms with Crippen LogP contribution in [0.25, 0.3) is 11.0 Å². The van der Waals surface area contributed by atoms with Crippen molar-refractivity contribution in [3.8, 4) is 0 Å². The number of rotatable bonds is 4. The molecule has 0 radical (unpaired) electrons. The summed E-state index contributed by atoms with van der Waals surface area (Å²) in [7, 11) is 0. The molecule has 7 heteroatoms. The van der Waals surface area contributed by atoms with Crippen molar-refractivity contribution >= 4 is 33.3 Å². The molecule has 0 bridgehead atoms. The van der Waals surface area contributed by atoms with Crippen LogP contribution in [0, 0.1) is 0 Å². The van der Waals surface area contributed by atoms with Gasteiger partial charge in [-0.3, -0.25) is 14.9 Å². The minimum Gasteiger partial charge on any atom is -0.451 e. The van der Waals surface area contributed by atoms with E-state index in [9.17, 15) is 9.59 Å². The standard InChI is InChI=1S/C16H15N3O3S/c1-3-9-5-6-12-10(7-9)11(20)8-13(22-12)15(21)17-16-19-18-14(4-2)23-16/h5-8H,3-4H2,1-2H3,(H,17,19,21). The molecule has 3 rings (SSSR count). The van der Waals surface area contributed by atoms with Crippen molar-refractivity contribution in [3.63, 3.8) is 0 Å². The molecule has 2 heterocycles. The molecule has 0 saturated heterocycles. The molecule has 0 aliphatic rings. The molecular weight excluding hydrogens is 314 g/mol. The molecule has 23 heavy (non-hydrogen) atoms. The zero-order valence-corrected chi connectivity index (χ0v) is 13.6. The van der Waals surface area contributed by atoms with Crippen LogP contribution in [0.3, 0.4) is 0 Å². The fraction of sp³-hybridized carbons (Fsp3) is 0.250. The normalized spacial score (nSPS) is 10.9. The number of fused-ring (bicyclic) bond motifs is 1. The van der Waals surface area contributed by atoms with Gasteiger partial charge in [-0.25, -0.2) is 0 Å². The zero-order chi connectivity index (χ0) is 16.4. The number of hydrogen-bond acceptors (Lipinski definition) is 6. The van der Waals surface area contributed by atoms with Gasteiger partial charge in [0.05, 0.1) is 5.39 Å². The van der Waals surface area contributed by atoms with Crippen LogP contribution in [0.15, 0.2) is 33.5 Å². The number of hydrogen-bond donors (Lipinski definition) is 1. The van der Waals surface area contributed by atoms with E-state index in [4.69, 9.17) is 4.42 Å². The third-order valence-corrected chi connectivity index (χ3v) is 4.40. The largest absolute Gasteiger partial charge is 0.451 e. The van der Waals surface area contributed by atoms with Gasteiger partial charge in [-0.05, 0) is 30.5 Å². The topological polar surface area (TPSA) is 85.1 Å². The molecule has 0 fully saturated rings. The number of aromatic nitrogens is 2. The maximum absolute atomic E-state index is 12.2. The number of benzene rings is 1. The van der Waals surface area contributed by atoms with Crippen molar-refractivity contribution in [1.82, 2.24) is 10.2 Å². The van der Waals surface area contributed by atoms with Gasteiger partial charge >= 0.3 is 0 Å². The fourth-order valence-corrected chi connectivity index (χ4v) is 2.82. The lowest BCUT2D eigenvalue weighted by molar-refractivity contribution is 0.0997. The quantitative estimate of drug-likeness (QED) is 0.795. The number of nitrogens with zero attached hydrogens (tertiary/aromatic N) is 2. The molecule has 118 valence electrons. The Kier molecular flexibility index (Phi) is 4.20. The number of anilines is 1. The molecule has 0 spiro atoms. The smallest absolute Gasteiger partial charge is 0.293 e. The highest BCUT2D eigenvalue weighted by Gasteiger charge is 2.15. The van der Waals surface area contributed by atoms with Crippen LogP contribution in [-0.4, -0.2) is 16.1 Å². The molecule has 1 amide bonds. The summed E-state index contributed by atoms with van der Waals surface area (Å²) in [5.74, 6) is -0.553. The van der Waals surface area contributed by atoms with Gasteiger partial charge < -0.3 is 4.42 Å². The number of carbonyl (C=O) groups is 1. The van der Waals surface area contributed by atoms with Gasteiger partial charge in [0, 0.05) is 6.07 Å². The van der Waals surface area contributed by atoms with E-state index < -0.39 is 5.91 Å². The number of carbonyl (C=O) groups excluding carboxylic acids is 1. The lowest BCUT2D eigenvalue weighted by Gasteiger charge is -2.04. The highest BCUT2D eigenvalue weighted by atomic mass is 32.1. The van der Waals surface area contributed by atoms with Crippen molar-refractivity contribution < 1.29 is 9.21 Å². The van der Waals surface area contributed by atoms with E-state index in [0.29, 0.717) is 16.1 Å². The summed E-state index contributed by atoms with van der Waals surface area (Å²) in [4.78, 5) is 24.4. The SMILES string of the molecule is CCc1ccc2oc(C(=O)Nc3nnc(CC)s3)cc(=O)c2c1. The predicted octanol–water partition coefficient (Wildman–Crippen LogP) is 3.02. The molecule has 0 unspecified atom stereocenters. The summed E-state index contributed by atoms with van der Waals surface area (Å²) in [5.41, 5.74) is 1.20. The number of amides is 1. The Balaban J connectivity index is 1.93. The lowest BCUT2D eigenvalue weighted by Crippen LogP contribution is -2.15. The van der Waals surface area contributed by atoms with Crippen LogP contribution in [0.4, 0.5) is 5.13 Å². The van der Waals surface area contributed by atoms with E-state index >= 15 is 0 Å². The van der Waals surface area contributed by atoms with Crippen LogP contribution in [0.2, 0.25) is 0 Å². The van der Waals surface area contributed by atoms with Crippen molar-refractivity contribution in [2.24, 2.45) is 0 Å². The Bertz CT molecular complexity index is 930. The Hall–Kier alpha value is -2.54. The third-order valence-electron chi connectivity index (χ3n) is 3.41. The van der Waals surface area contributed by atoms with E-state index in [1.54, 1.807) is 12.1 Å². The van der Waals surface area contributed by atoms with E-state index in [1.807, 2.05) is 19.9 Å². The molecule has 1 N–H and O–H groups in total. The molecule has 0 aliphatic heterocycles. The second kappa shape index (κ2) is 6.29. The number of aryl methyl sites for hydroxylation is 2. The molecule has 0 atom stereocenters. The molecule has 0 saturated carbocycles. The minimum atomic E-state index is -0.512. The van der Waals surface area contributed by atoms with Crippen LogP contribution in [0.1, 0.15) is 35.0 Å². The third kappa shape index (κ3) is 3.14. The van der Waals surface area contributed by atoms with E-state index in [2.05, 4.69) is 15.5 Å². The summed E-state index contributed by atoms with van der Waals surface area (Å²) < 4.78 is 5.55. The molecule has 6 nitrogen and oxygen atoms in total. The highest BCUT2D eigenvalue weighted by molar-refractivity contribution is 7.15. The first-order valence-electron chi connectivity index (χ1n) is 7.31. The maximum Gasteiger partial charge on any atom is 0.293 e. The zero-order valence-electron chi connectivity index (χ0n) is 12.8. The maximum atomic E-state index is 12.2. The van der Waals surface area contributed by atoms with Crippen LogP contribution in [-0.2, 0) is 12.8 Å². The molecule has 0 aliphatic carbocycles. The Labute approximate surface area is 136 Å². The number of nitrogens with one attached hydrogen (secondary N) is 1. The van der Waals surface area contributed by atoms with Gasteiger partial charge in [0.1, 0.15) is 10.6 Å². The van der Waals surface area contributed by atoms with Crippen molar-refractivity contribution in [2.75, 3.05) is 5.32 Å². The van der Waals surface area contributed by atoms with Crippen LogP contribution >= 0.6 is 11.3 Å². The predicted molar refractivity (Wildman–Crippen MR) is 89.1 cm³/mol. The van der Waals surface area contributed by atoms with E-state index in [-0.39, 0.29) is 11.2 Å². The minimum absolute atomic E-state index is 0.0417. The van der Waals surface area contributed by atoms with Gasteiger partial charge in [-0.1, -0.05) is 31.3 Å². The van der Waals surface area contributed by atoms with Gasteiger partial charge in [-0.2, -0.15) is 0 Å². The second-order valence-electron chi connectivity index (χ2n) is 4.97. The fourth-order valence-electron chi connectivity index (χ4n) is 2.14. The Morgan fingerprint density at radius 1 is 1.22 bits per heavy atom. The highest BCUT2D eigenvalue weighted by Crippen LogP contribution is 2.18. The first-order chi connectivity index (χ1) is 11.1. The van der Waals surface area contributed by atoms with E-state index in [1.165, 1.54) is 17.4 Å². The monoisotopic (exact) mass is 329 g/mol. The summed E-state index contributed by atoms with van der Waals surface area (Å²) >= 11 is 1.29. The first kappa shape index (κ1) is 15.4. The lowest BCUT2D eigenvalue weighted by atomic mass is 10.1. The van der Waals surface area contributed by atoms with Crippen LogP contribution in [0.5, 0.6) is 0 Å². The summed E-state index contributed by atoms with van der Waals surface area (Å²) in [6, 6.07) is 6.59. The van der Waals surface area contributed by atoms with Crippen LogP contribution < -0.4 is 10.7 Å². The van der Waals surface area contributed by atoms with Gasteiger partial charge in [0.15, 0.2) is 11.2 Å². The van der Waals surface area contributed by atoms with Crippen molar-refractivity contribution in [2.45, 2.75) is 26.7 Å². The van der Waals surface area contributed by atoms with Gasteiger partial charge in [-0.15, -0.1) is 10.2 Å². The summed E-state index contributed by atoms with van der Waals surface area (Å²) in [6.45, 7) is 3.97.